The number of amides is 1. The second-order valence-corrected chi connectivity index (χ2v) is 8.45. The van der Waals surface area contributed by atoms with Crippen LogP contribution in [0.1, 0.15) is 6.42 Å². The lowest BCUT2D eigenvalue weighted by Gasteiger charge is -2.10. The fourth-order valence-corrected chi connectivity index (χ4v) is 3.26. The maximum Gasteiger partial charge on any atom is 0.293 e. The molecule has 0 bridgehead atoms. The number of sulfone groups is 1. The molecule has 2 rings (SSSR count). The molecule has 3 N–H and O–H groups in total. The van der Waals surface area contributed by atoms with Gasteiger partial charge in [-0.1, -0.05) is 12.1 Å². The van der Waals surface area contributed by atoms with Gasteiger partial charge in [0.05, 0.1) is 14.7 Å². The Bertz CT molecular complexity index is 1090. The largest absolute Gasteiger partial charge is 0.379 e. The van der Waals surface area contributed by atoms with Crippen molar-refractivity contribution < 1.29 is 23.1 Å². The number of nitro groups is 2. The standard InChI is InChI=1S/C18H21N5O7S/c1-31(29,30)13-6-7-15(17(12-13)23(27)28)20-10-11-21-18(24)8-9-19-14-4-2-3-5-16(14)22(25)26/h2-7,12,19-20H,8-11H2,1H3,(H,21,24). The summed E-state index contributed by atoms with van der Waals surface area (Å²) in [6.45, 7) is 0.514. The average Bonchev–Trinajstić information content (AvgIpc) is 2.70. The van der Waals surface area contributed by atoms with Crippen LogP contribution < -0.4 is 16.0 Å². The SMILES string of the molecule is CS(=O)(=O)c1ccc(NCCNC(=O)CCNc2ccccc2[N+](=O)[O-])c([N+](=O)[O-])c1. The van der Waals surface area contributed by atoms with Crippen LogP contribution in [0.15, 0.2) is 47.4 Å². The Morgan fingerprint density at radius 3 is 2.16 bits per heavy atom. The zero-order chi connectivity index (χ0) is 23.0. The van der Waals surface area contributed by atoms with Gasteiger partial charge in [0, 0.05) is 44.4 Å². The monoisotopic (exact) mass is 451 g/mol. The predicted octanol–water partition coefficient (Wildman–Crippen LogP) is 1.94. The quantitative estimate of drug-likeness (QED) is 0.262. The van der Waals surface area contributed by atoms with Crippen molar-refractivity contribution in [2.75, 3.05) is 36.5 Å². The highest BCUT2D eigenvalue weighted by Crippen LogP contribution is 2.27. The van der Waals surface area contributed by atoms with Crippen LogP contribution in [0.4, 0.5) is 22.7 Å². The molecule has 0 saturated carbocycles. The first-order valence-corrected chi connectivity index (χ1v) is 10.9. The summed E-state index contributed by atoms with van der Waals surface area (Å²) in [7, 11) is -3.58. The van der Waals surface area contributed by atoms with E-state index in [-0.39, 0.29) is 53.9 Å². The van der Waals surface area contributed by atoms with Gasteiger partial charge in [0.1, 0.15) is 11.4 Å². The van der Waals surface area contributed by atoms with Gasteiger partial charge in [-0.2, -0.15) is 0 Å². The number of nitrogens with zero attached hydrogens (tertiary/aromatic N) is 2. The van der Waals surface area contributed by atoms with Crippen molar-refractivity contribution in [1.29, 1.82) is 0 Å². The minimum atomic E-state index is -3.58. The number of nitrogens with one attached hydrogen (secondary N) is 3. The first kappa shape index (κ1) is 23.5. The number of para-hydroxylation sites is 2. The first-order valence-electron chi connectivity index (χ1n) is 9.06. The van der Waals surface area contributed by atoms with Crippen LogP contribution in [-0.4, -0.2) is 50.1 Å². The molecule has 0 heterocycles. The van der Waals surface area contributed by atoms with Crippen molar-refractivity contribution >= 4 is 38.5 Å². The van der Waals surface area contributed by atoms with Crippen molar-refractivity contribution in [3.8, 4) is 0 Å². The maximum absolute atomic E-state index is 11.9. The number of benzene rings is 2. The van der Waals surface area contributed by atoms with E-state index in [1.165, 1.54) is 18.2 Å². The van der Waals surface area contributed by atoms with Gasteiger partial charge in [-0.3, -0.25) is 25.0 Å². The van der Waals surface area contributed by atoms with Crippen molar-refractivity contribution in [1.82, 2.24) is 5.32 Å². The summed E-state index contributed by atoms with van der Waals surface area (Å²) in [6.07, 6.45) is 1.02. The molecule has 31 heavy (non-hydrogen) atoms. The summed E-state index contributed by atoms with van der Waals surface area (Å²) >= 11 is 0. The number of hydrogen-bond donors (Lipinski definition) is 3. The van der Waals surface area contributed by atoms with E-state index in [0.717, 1.165) is 12.3 Å². The third kappa shape index (κ3) is 6.92. The predicted molar refractivity (Wildman–Crippen MR) is 114 cm³/mol. The number of hydrogen-bond acceptors (Lipinski definition) is 9. The van der Waals surface area contributed by atoms with Crippen LogP contribution in [0.3, 0.4) is 0 Å². The van der Waals surface area contributed by atoms with Gasteiger partial charge in [0.2, 0.25) is 5.91 Å². The molecule has 0 spiro atoms. The van der Waals surface area contributed by atoms with E-state index >= 15 is 0 Å². The highest BCUT2D eigenvalue weighted by Gasteiger charge is 2.18. The highest BCUT2D eigenvalue weighted by molar-refractivity contribution is 7.90. The second kappa shape index (κ2) is 10.3. The smallest absolute Gasteiger partial charge is 0.293 e. The Morgan fingerprint density at radius 1 is 0.903 bits per heavy atom. The number of rotatable bonds is 11. The Labute approximate surface area is 177 Å². The average molecular weight is 451 g/mol. The summed E-state index contributed by atoms with van der Waals surface area (Å²) in [5.74, 6) is -0.310. The molecule has 0 aliphatic carbocycles. The highest BCUT2D eigenvalue weighted by atomic mass is 32.2. The fraction of sp³-hybridized carbons (Fsp3) is 0.278. The molecular formula is C18H21N5O7S. The lowest BCUT2D eigenvalue weighted by molar-refractivity contribution is -0.384. The van der Waals surface area contributed by atoms with Crippen molar-refractivity contribution in [2.24, 2.45) is 0 Å². The van der Waals surface area contributed by atoms with E-state index in [1.807, 2.05) is 0 Å². The van der Waals surface area contributed by atoms with E-state index in [4.69, 9.17) is 0 Å². The van der Waals surface area contributed by atoms with E-state index in [0.29, 0.717) is 5.69 Å². The molecular weight excluding hydrogens is 430 g/mol. The molecule has 0 saturated heterocycles. The van der Waals surface area contributed by atoms with E-state index in [2.05, 4.69) is 16.0 Å². The molecule has 12 nitrogen and oxygen atoms in total. The van der Waals surface area contributed by atoms with Crippen LogP contribution in [0.25, 0.3) is 0 Å². The molecule has 0 atom stereocenters. The van der Waals surface area contributed by atoms with Gasteiger partial charge in [-0.05, 0) is 18.2 Å². The van der Waals surface area contributed by atoms with E-state index < -0.39 is 19.7 Å². The van der Waals surface area contributed by atoms with Crippen molar-refractivity contribution in [3.63, 3.8) is 0 Å². The molecule has 13 heteroatoms. The Hall–Kier alpha value is -3.74. The zero-order valence-corrected chi connectivity index (χ0v) is 17.3. The van der Waals surface area contributed by atoms with Crippen LogP contribution in [0.5, 0.6) is 0 Å². The Kier molecular flexibility index (Phi) is 7.85. The molecule has 0 fully saturated rings. The lowest BCUT2D eigenvalue weighted by Crippen LogP contribution is -2.30. The fourth-order valence-electron chi connectivity index (χ4n) is 2.62. The zero-order valence-electron chi connectivity index (χ0n) is 16.5. The van der Waals surface area contributed by atoms with Gasteiger partial charge >= 0.3 is 0 Å². The molecule has 2 aromatic carbocycles. The molecule has 166 valence electrons. The number of carbonyl (C=O) groups is 1. The third-order valence-electron chi connectivity index (χ3n) is 4.12. The molecule has 0 unspecified atom stereocenters. The first-order chi connectivity index (χ1) is 14.6. The molecule has 0 radical (unpaired) electrons. The molecule has 1 amide bonds. The van der Waals surface area contributed by atoms with Gasteiger partial charge in [-0.25, -0.2) is 8.42 Å². The van der Waals surface area contributed by atoms with Crippen LogP contribution in [0, 0.1) is 20.2 Å². The van der Waals surface area contributed by atoms with Gasteiger partial charge in [0.25, 0.3) is 11.4 Å². The lowest BCUT2D eigenvalue weighted by atomic mass is 10.2. The third-order valence-corrected chi connectivity index (χ3v) is 5.24. The molecule has 2 aromatic rings. The van der Waals surface area contributed by atoms with Crippen LogP contribution >= 0.6 is 0 Å². The minimum Gasteiger partial charge on any atom is -0.379 e. The summed E-state index contributed by atoms with van der Waals surface area (Å²) in [5.41, 5.74) is -0.0324. The van der Waals surface area contributed by atoms with E-state index in [9.17, 15) is 33.4 Å². The van der Waals surface area contributed by atoms with Crippen molar-refractivity contribution in [2.45, 2.75) is 11.3 Å². The summed E-state index contributed by atoms with van der Waals surface area (Å²) < 4.78 is 23.1. The van der Waals surface area contributed by atoms with E-state index in [1.54, 1.807) is 18.2 Å². The Balaban J connectivity index is 1.81. The second-order valence-electron chi connectivity index (χ2n) is 6.44. The number of nitro benzene ring substituents is 2. The van der Waals surface area contributed by atoms with Gasteiger partial charge in [-0.15, -0.1) is 0 Å². The van der Waals surface area contributed by atoms with Crippen molar-refractivity contribution in [3.05, 3.63) is 62.7 Å². The Morgan fingerprint density at radius 2 is 1.52 bits per heavy atom. The van der Waals surface area contributed by atoms with Crippen LogP contribution in [0.2, 0.25) is 0 Å². The normalized spacial score (nSPS) is 10.9. The van der Waals surface area contributed by atoms with Gasteiger partial charge in [0.15, 0.2) is 9.84 Å². The summed E-state index contributed by atoms with van der Waals surface area (Å²) in [4.78, 5) is 32.7. The topological polar surface area (TPSA) is 174 Å². The summed E-state index contributed by atoms with van der Waals surface area (Å²) in [5, 5.41) is 30.4. The van der Waals surface area contributed by atoms with Gasteiger partial charge < -0.3 is 16.0 Å². The summed E-state index contributed by atoms with van der Waals surface area (Å²) in [6, 6.07) is 9.62. The minimum absolute atomic E-state index is 0.0647. The maximum atomic E-state index is 11.9. The van der Waals surface area contributed by atoms with Crippen LogP contribution in [-0.2, 0) is 14.6 Å². The molecule has 0 aliphatic heterocycles. The molecule has 0 aliphatic rings. The number of carbonyl (C=O) groups excluding carboxylic acids is 1. The number of anilines is 2. The molecule has 0 aromatic heterocycles.